The van der Waals surface area contributed by atoms with Gasteiger partial charge < -0.3 is 19.7 Å². The van der Waals surface area contributed by atoms with E-state index in [4.69, 9.17) is 21.1 Å². The quantitative estimate of drug-likeness (QED) is 0.731. The smallest absolute Gasteiger partial charge is 0.311 e. The van der Waals surface area contributed by atoms with Crippen molar-refractivity contribution in [3.8, 4) is 5.75 Å². The van der Waals surface area contributed by atoms with Crippen LogP contribution in [0.15, 0.2) is 42.5 Å². The van der Waals surface area contributed by atoms with Crippen molar-refractivity contribution in [1.82, 2.24) is 0 Å². The fraction of sp³-hybridized carbons (Fsp3) is 0.286. The van der Waals surface area contributed by atoms with Crippen LogP contribution in [0.1, 0.15) is 12.0 Å². The number of benzene rings is 2. The van der Waals surface area contributed by atoms with E-state index in [1.54, 1.807) is 30.3 Å². The molecule has 29 heavy (non-hydrogen) atoms. The van der Waals surface area contributed by atoms with E-state index in [1.807, 2.05) is 19.1 Å². The molecule has 0 spiro atoms. The minimum atomic E-state index is -0.647. The topological polar surface area (TPSA) is 84.9 Å². The summed E-state index contributed by atoms with van der Waals surface area (Å²) in [7, 11) is 1.53. The summed E-state index contributed by atoms with van der Waals surface area (Å²) in [5.74, 6) is -1.36. The third-order valence-electron chi connectivity index (χ3n) is 4.54. The lowest BCUT2D eigenvalue weighted by molar-refractivity contribution is -0.151. The maximum atomic E-state index is 12.5. The Morgan fingerprint density at radius 2 is 2.03 bits per heavy atom. The van der Waals surface area contributed by atoms with E-state index in [1.165, 1.54) is 12.0 Å². The van der Waals surface area contributed by atoms with Gasteiger partial charge in [0.05, 0.1) is 18.7 Å². The number of halogens is 1. The van der Waals surface area contributed by atoms with Crippen LogP contribution in [0.4, 0.5) is 11.4 Å². The molecule has 2 aromatic rings. The number of nitrogens with one attached hydrogen (secondary N) is 1. The lowest BCUT2D eigenvalue weighted by Crippen LogP contribution is -2.28. The summed E-state index contributed by atoms with van der Waals surface area (Å²) >= 11 is 5.87. The van der Waals surface area contributed by atoms with Crippen molar-refractivity contribution in [2.45, 2.75) is 13.3 Å². The number of ether oxygens (including phenoxy) is 2. The predicted molar refractivity (Wildman–Crippen MR) is 109 cm³/mol. The van der Waals surface area contributed by atoms with Gasteiger partial charge >= 0.3 is 5.97 Å². The van der Waals surface area contributed by atoms with Crippen LogP contribution in [-0.4, -0.2) is 38.0 Å². The number of carbonyl (C=O) groups is 3. The van der Waals surface area contributed by atoms with Crippen molar-refractivity contribution in [2.24, 2.45) is 5.92 Å². The lowest BCUT2D eigenvalue weighted by atomic mass is 10.1. The molecule has 2 amide bonds. The average molecular weight is 417 g/mol. The van der Waals surface area contributed by atoms with E-state index in [-0.39, 0.29) is 18.9 Å². The molecule has 0 aromatic heterocycles. The molecule has 1 aliphatic heterocycles. The van der Waals surface area contributed by atoms with Gasteiger partial charge in [-0.05, 0) is 42.8 Å². The molecule has 1 N–H and O–H groups in total. The van der Waals surface area contributed by atoms with Gasteiger partial charge in [0.1, 0.15) is 5.75 Å². The molecule has 2 aromatic carbocycles. The second-order valence-electron chi connectivity index (χ2n) is 6.75. The highest BCUT2D eigenvalue weighted by molar-refractivity contribution is 6.30. The number of esters is 1. The molecule has 152 valence electrons. The number of amides is 2. The Balaban J connectivity index is 1.58. The van der Waals surface area contributed by atoms with Crippen LogP contribution in [0.5, 0.6) is 5.75 Å². The van der Waals surface area contributed by atoms with Crippen molar-refractivity contribution in [3.05, 3.63) is 53.1 Å². The van der Waals surface area contributed by atoms with Crippen molar-refractivity contribution in [2.75, 3.05) is 30.5 Å². The largest absolute Gasteiger partial charge is 0.495 e. The van der Waals surface area contributed by atoms with Gasteiger partial charge in [0.15, 0.2) is 6.61 Å². The molecule has 0 bridgehead atoms. The first-order chi connectivity index (χ1) is 13.9. The predicted octanol–water partition coefficient (Wildman–Crippen LogP) is 3.19. The Hall–Kier alpha value is -3.06. The summed E-state index contributed by atoms with van der Waals surface area (Å²) in [6, 6.07) is 12.1. The van der Waals surface area contributed by atoms with Gasteiger partial charge in [0, 0.05) is 23.7 Å². The molecule has 7 nitrogen and oxygen atoms in total. The second kappa shape index (κ2) is 8.96. The monoisotopic (exact) mass is 416 g/mol. The summed E-state index contributed by atoms with van der Waals surface area (Å²) in [6.45, 7) is 1.64. The van der Waals surface area contributed by atoms with Crippen LogP contribution in [-0.2, 0) is 19.1 Å². The fourth-order valence-corrected chi connectivity index (χ4v) is 3.32. The summed E-state index contributed by atoms with van der Waals surface area (Å²) < 4.78 is 10.4. The molecule has 3 rings (SSSR count). The summed E-state index contributed by atoms with van der Waals surface area (Å²) in [5, 5.41) is 3.08. The normalized spacial score (nSPS) is 15.9. The van der Waals surface area contributed by atoms with Crippen molar-refractivity contribution < 1.29 is 23.9 Å². The third kappa shape index (κ3) is 5.06. The van der Waals surface area contributed by atoms with Crippen molar-refractivity contribution >= 4 is 40.8 Å². The van der Waals surface area contributed by atoms with Gasteiger partial charge in [0.2, 0.25) is 5.91 Å². The first-order valence-electron chi connectivity index (χ1n) is 9.04. The summed E-state index contributed by atoms with van der Waals surface area (Å²) in [4.78, 5) is 38.3. The molecule has 0 saturated carbocycles. The van der Waals surface area contributed by atoms with Crippen molar-refractivity contribution in [3.63, 3.8) is 0 Å². The number of carbonyl (C=O) groups excluding carboxylic acids is 3. The molecular formula is C21H21ClN2O5. The molecular weight excluding hydrogens is 396 g/mol. The minimum absolute atomic E-state index is 0.0197. The van der Waals surface area contributed by atoms with Crippen LogP contribution >= 0.6 is 11.6 Å². The molecule has 1 heterocycles. The minimum Gasteiger partial charge on any atom is -0.495 e. The third-order valence-corrected chi connectivity index (χ3v) is 4.77. The Morgan fingerprint density at radius 1 is 1.24 bits per heavy atom. The molecule has 1 saturated heterocycles. The lowest BCUT2D eigenvalue weighted by Gasteiger charge is -2.20. The zero-order valence-electron chi connectivity index (χ0n) is 16.1. The van der Waals surface area contributed by atoms with Gasteiger partial charge in [0.25, 0.3) is 5.91 Å². The van der Waals surface area contributed by atoms with Crippen LogP contribution in [0.3, 0.4) is 0 Å². The van der Waals surface area contributed by atoms with Crippen LogP contribution in [0.25, 0.3) is 0 Å². The Morgan fingerprint density at radius 3 is 2.76 bits per heavy atom. The van der Waals surface area contributed by atoms with Gasteiger partial charge in [-0.15, -0.1) is 0 Å². The highest BCUT2D eigenvalue weighted by atomic mass is 35.5. The zero-order chi connectivity index (χ0) is 21.0. The zero-order valence-corrected chi connectivity index (χ0v) is 16.9. The van der Waals surface area contributed by atoms with Gasteiger partial charge in [-0.1, -0.05) is 23.7 Å². The van der Waals surface area contributed by atoms with Crippen LogP contribution in [0.2, 0.25) is 5.02 Å². The number of aryl methyl sites for hydroxylation is 1. The van der Waals surface area contributed by atoms with E-state index in [0.717, 1.165) is 5.56 Å². The van der Waals surface area contributed by atoms with Crippen LogP contribution < -0.4 is 15.0 Å². The van der Waals surface area contributed by atoms with Gasteiger partial charge in [-0.2, -0.15) is 0 Å². The highest BCUT2D eigenvalue weighted by Crippen LogP contribution is 2.34. The van der Waals surface area contributed by atoms with E-state index >= 15 is 0 Å². The highest BCUT2D eigenvalue weighted by Gasteiger charge is 2.37. The van der Waals surface area contributed by atoms with Gasteiger partial charge in [-0.3, -0.25) is 14.4 Å². The molecule has 8 heteroatoms. The second-order valence-corrected chi connectivity index (χ2v) is 7.18. The Kier molecular flexibility index (Phi) is 6.39. The Bertz CT molecular complexity index is 946. The van der Waals surface area contributed by atoms with Crippen LogP contribution in [0, 0.1) is 12.8 Å². The van der Waals surface area contributed by atoms with Crippen molar-refractivity contribution in [1.29, 1.82) is 0 Å². The first kappa shape index (κ1) is 20.7. The summed E-state index contributed by atoms with van der Waals surface area (Å²) in [5.41, 5.74) is 2.09. The Labute approximate surface area is 173 Å². The maximum absolute atomic E-state index is 12.5. The SMILES string of the molecule is COc1ccc(C)cc1N1C[C@@H](C(=O)OCC(=O)Nc2cccc(Cl)c2)CC1=O. The molecule has 0 unspecified atom stereocenters. The number of nitrogens with zero attached hydrogens (tertiary/aromatic N) is 1. The average Bonchev–Trinajstić information content (AvgIpc) is 3.07. The first-order valence-corrected chi connectivity index (χ1v) is 9.42. The number of methoxy groups -OCH3 is 1. The number of rotatable bonds is 6. The number of hydrogen-bond acceptors (Lipinski definition) is 5. The van der Waals surface area contributed by atoms with E-state index in [2.05, 4.69) is 5.32 Å². The molecule has 1 atom stereocenters. The molecule has 1 fully saturated rings. The molecule has 1 aliphatic rings. The van der Waals surface area contributed by atoms with E-state index in [0.29, 0.717) is 22.1 Å². The number of hydrogen-bond donors (Lipinski definition) is 1. The standard InChI is InChI=1S/C21H21ClN2O5/c1-13-6-7-18(28-2)17(8-13)24-11-14(9-20(24)26)21(27)29-12-19(25)23-16-5-3-4-15(22)10-16/h3-8,10,14H,9,11-12H2,1-2H3,(H,23,25)/t14-/m0/s1. The van der Waals surface area contributed by atoms with Gasteiger partial charge in [-0.25, -0.2) is 0 Å². The molecule has 0 radical (unpaired) electrons. The summed E-state index contributed by atoms with van der Waals surface area (Å²) in [6.07, 6.45) is 0.0197. The van der Waals surface area contributed by atoms with E-state index < -0.39 is 24.4 Å². The number of anilines is 2. The maximum Gasteiger partial charge on any atom is 0.311 e. The van der Waals surface area contributed by atoms with E-state index in [9.17, 15) is 14.4 Å². The molecule has 0 aliphatic carbocycles. The fourth-order valence-electron chi connectivity index (χ4n) is 3.13.